The third-order valence-corrected chi connectivity index (χ3v) is 3.23. The second-order valence-electron chi connectivity index (χ2n) is 4.55. The molecule has 4 heteroatoms. The van der Waals surface area contributed by atoms with Crippen LogP contribution in [-0.4, -0.2) is 51.7 Å². The summed E-state index contributed by atoms with van der Waals surface area (Å²) in [6, 6.07) is 0.625. The minimum Gasteiger partial charge on any atom is -0.381 e. The van der Waals surface area contributed by atoms with Crippen LogP contribution in [0.15, 0.2) is 0 Å². The van der Waals surface area contributed by atoms with Gasteiger partial charge in [-0.3, -0.25) is 0 Å². The Morgan fingerprint density at radius 2 is 2.00 bits per heavy atom. The lowest BCUT2D eigenvalue weighted by molar-refractivity contribution is 0.0162. The van der Waals surface area contributed by atoms with Gasteiger partial charge in [0, 0.05) is 32.4 Å². The minimum atomic E-state index is 0.350. The lowest BCUT2D eigenvalue weighted by Gasteiger charge is -2.23. The average Bonchev–Trinajstić information content (AvgIpc) is 2.83. The molecule has 0 aliphatic carbocycles. The maximum atomic E-state index is 5.59. The summed E-state index contributed by atoms with van der Waals surface area (Å²) >= 11 is 0. The van der Waals surface area contributed by atoms with Crippen LogP contribution in [0.2, 0.25) is 0 Å². The van der Waals surface area contributed by atoms with Gasteiger partial charge in [0.1, 0.15) is 0 Å². The molecule has 2 fully saturated rings. The first-order valence-electron chi connectivity index (χ1n) is 6.45. The van der Waals surface area contributed by atoms with Gasteiger partial charge in [-0.05, 0) is 25.7 Å². The van der Waals surface area contributed by atoms with Crippen LogP contribution in [0, 0.1) is 0 Å². The van der Waals surface area contributed by atoms with E-state index < -0.39 is 0 Å². The van der Waals surface area contributed by atoms with E-state index in [0.717, 1.165) is 58.8 Å². The van der Waals surface area contributed by atoms with E-state index in [1.54, 1.807) is 0 Å². The quantitative estimate of drug-likeness (QED) is 0.688. The molecule has 0 spiro atoms. The topological polar surface area (TPSA) is 39.7 Å². The Morgan fingerprint density at radius 1 is 1.12 bits per heavy atom. The molecule has 0 aromatic rings. The van der Waals surface area contributed by atoms with Gasteiger partial charge < -0.3 is 19.5 Å². The predicted molar refractivity (Wildman–Crippen MR) is 61.6 cm³/mol. The molecule has 0 saturated carbocycles. The van der Waals surface area contributed by atoms with Crippen LogP contribution < -0.4 is 5.32 Å². The normalized spacial score (nSPS) is 27.4. The van der Waals surface area contributed by atoms with Gasteiger partial charge in [-0.1, -0.05) is 0 Å². The van der Waals surface area contributed by atoms with Crippen molar-refractivity contribution < 1.29 is 14.2 Å². The molecule has 0 aromatic carbocycles. The molecule has 2 aliphatic rings. The van der Waals surface area contributed by atoms with Gasteiger partial charge in [0.05, 0.1) is 19.3 Å². The Morgan fingerprint density at radius 3 is 2.75 bits per heavy atom. The lowest BCUT2D eigenvalue weighted by atomic mass is 10.1. The summed E-state index contributed by atoms with van der Waals surface area (Å²) in [4.78, 5) is 0. The Bertz CT molecular complexity index is 177. The molecule has 16 heavy (non-hydrogen) atoms. The summed E-state index contributed by atoms with van der Waals surface area (Å²) in [5, 5.41) is 3.50. The highest BCUT2D eigenvalue weighted by Gasteiger charge is 2.15. The molecule has 2 heterocycles. The van der Waals surface area contributed by atoms with Crippen LogP contribution in [0.5, 0.6) is 0 Å². The average molecular weight is 229 g/mol. The third-order valence-electron chi connectivity index (χ3n) is 3.23. The third kappa shape index (κ3) is 4.37. The van der Waals surface area contributed by atoms with E-state index in [4.69, 9.17) is 14.2 Å². The van der Waals surface area contributed by atoms with Crippen LogP contribution in [0.3, 0.4) is 0 Å². The summed E-state index contributed by atoms with van der Waals surface area (Å²) in [5.41, 5.74) is 0. The Hall–Kier alpha value is -0.160. The van der Waals surface area contributed by atoms with E-state index in [1.807, 2.05) is 0 Å². The molecule has 1 unspecified atom stereocenters. The number of nitrogens with one attached hydrogen (secondary N) is 1. The van der Waals surface area contributed by atoms with Gasteiger partial charge >= 0.3 is 0 Å². The van der Waals surface area contributed by atoms with E-state index in [0.29, 0.717) is 12.1 Å². The highest BCUT2D eigenvalue weighted by molar-refractivity contribution is 4.69. The molecule has 2 rings (SSSR count). The van der Waals surface area contributed by atoms with Gasteiger partial charge in [0.25, 0.3) is 0 Å². The molecule has 94 valence electrons. The summed E-state index contributed by atoms with van der Waals surface area (Å²) < 4.78 is 16.4. The largest absolute Gasteiger partial charge is 0.381 e. The molecule has 1 atom stereocenters. The van der Waals surface area contributed by atoms with Gasteiger partial charge in [-0.25, -0.2) is 0 Å². The van der Waals surface area contributed by atoms with Crippen LogP contribution in [-0.2, 0) is 14.2 Å². The van der Waals surface area contributed by atoms with E-state index in [1.165, 1.54) is 6.42 Å². The molecule has 2 aliphatic heterocycles. The van der Waals surface area contributed by atoms with E-state index in [2.05, 4.69) is 5.32 Å². The number of hydrogen-bond donors (Lipinski definition) is 1. The van der Waals surface area contributed by atoms with Crippen LogP contribution in [0.1, 0.15) is 25.7 Å². The molecule has 2 saturated heterocycles. The first-order chi connectivity index (χ1) is 7.95. The summed E-state index contributed by atoms with van der Waals surface area (Å²) in [6.45, 7) is 5.20. The molecule has 4 nitrogen and oxygen atoms in total. The lowest BCUT2D eigenvalue weighted by Crippen LogP contribution is -2.36. The van der Waals surface area contributed by atoms with Gasteiger partial charge in [-0.15, -0.1) is 0 Å². The Balaban J connectivity index is 1.42. The fourth-order valence-corrected chi connectivity index (χ4v) is 2.23. The van der Waals surface area contributed by atoms with Gasteiger partial charge in [0.15, 0.2) is 0 Å². The van der Waals surface area contributed by atoms with Crippen LogP contribution in [0.4, 0.5) is 0 Å². The van der Waals surface area contributed by atoms with Crippen molar-refractivity contribution in [2.75, 3.05) is 39.6 Å². The zero-order chi connectivity index (χ0) is 11.1. The first-order valence-corrected chi connectivity index (χ1v) is 6.45. The van der Waals surface area contributed by atoms with Crippen molar-refractivity contribution in [3.8, 4) is 0 Å². The zero-order valence-electron chi connectivity index (χ0n) is 9.95. The fourth-order valence-electron chi connectivity index (χ4n) is 2.23. The van der Waals surface area contributed by atoms with E-state index in [-0.39, 0.29) is 0 Å². The summed E-state index contributed by atoms with van der Waals surface area (Å²) in [7, 11) is 0. The van der Waals surface area contributed by atoms with E-state index in [9.17, 15) is 0 Å². The SMILES string of the molecule is C1COC(COCCNC2CCOCC2)C1. The standard InChI is InChI=1S/C12H23NO3/c1-2-12(16-6-1)10-15-9-5-13-11-3-7-14-8-4-11/h11-13H,1-10H2. The zero-order valence-corrected chi connectivity index (χ0v) is 9.95. The van der Waals surface area contributed by atoms with Crippen molar-refractivity contribution in [1.82, 2.24) is 5.32 Å². The van der Waals surface area contributed by atoms with Crippen molar-refractivity contribution in [3.63, 3.8) is 0 Å². The molecule has 0 radical (unpaired) electrons. The fraction of sp³-hybridized carbons (Fsp3) is 1.00. The summed E-state index contributed by atoms with van der Waals surface area (Å²) in [5.74, 6) is 0. The Labute approximate surface area is 97.6 Å². The van der Waals surface area contributed by atoms with Crippen LogP contribution >= 0.6 is 0 Å². The number of ether oxygens (including phenoxy) is 3. The Kier molecular flexibility index (Phi) is 5.55. The van der Waals surface area contributed by atoms with Crippen molar-refractivity contribution in [3.05, 3.63) is 0 Å². The second-order valence-corrected chi connectivity index (χ2v) is 4.55. The van der Waals surface area contributed by atoms with Crippen LogP contribution in [0.25, 0.3) is 0 Å². The van der Waals surface area contributed by atoms with Gasteiger partial charge in [-0.2, -0.15) is 0 Å². The monoisotopic (exact) mass is 229 g/mol. The predicted octanol–water partition coefficient (Wildman–Crippen LogP) is 0.951. The van der Waals surface area contributed by atoms with Gasteiger partial charge in [0.2, 0.25) is 0 Å². The van der Waals surface area contributed by atoms with Crippen molar-refractivity contribution in [1.29, 1.82) is 0 Å². The van der Waals surface area contributed by atoms with Crippen molar-refractivity contribution >= 4 is 0 Å². The van der Waals surface area contributed by atoms with Crippen molar-refractivity contribution in [2.24, 2.45) is 0 Å². The van der Waals surface area contributed by atoms with E-state index >= 15 is 0 Å². The van der Waals surface area contributed by atoms with Crippen molar-refractivity contribution in [2.45, 2.75) is 37.8 Å². The first kappa shape index (κ1) is 12.3. The highest BCUT2D eigenvalue weighted by atomic mass is 16.5. The molecular formula is C12H23NO3. The maximum Gasteiger partial charge on any atom is 0.0809 e. The minimum absolute atomic E-state index is 0.350. The maximum absolute atomic E-state index is 5.59. The highest BCUT2D eigenvalue weighted by Crippen LogP contribution is 2.11. The molecule has 0 aromatic heterocycles. The number of rotatable bonds is 6. The molecule has 0 amide bonds. The number of hydrogen-bond acceptors (Lipinski definition) is 4. The molecule has 0 bridgehead atoms. The molecule has 1 N–H and O–H groups in total. The molecular weight excluding hydrogens is 206 g/mol. The smallest absolute Gasteiger partial charge is 0.0809 e. The second kappa shape index (κ2) is 7.22. The summed E-state index contributed by atoms with van der Waals surface area (Å²) in [6.07, 6.45) is 4.96.